The van der Waals surface area contributed by atoms with Crippen molar-refractivity contribution in [2.45, 2.75) is 12.8 Å². The number of nitrogens with one attached hydrogen (secondary N) is 1. The van der Waals surface area contributed by atoms with Gasteiger partial charge in [-0.3, -0.25) is 4.79 Å². The Morgan fingerprint density at radius 2 is 2.27 bits per heavy atom. The van der Waals surface area contributed by atoms with Gasteiger partial charge in [-0.2, -0.15) is 0 Å². The number of halogens is 1. The second-order valence-electron chi connectivity index (χ2n) is 3.82. The summed E-state index contributed by atoms with van der Waals surface area (Å²) in [5.74, 6) is -0.719. The van der Waals surface area contributed by atoms with Crippen LogP contribution in [0.5, 0.6) is 5.75 Å². The van der Waals surface area contributed by atoms with Crippen LogP contribution in [0, 0.1) is 11.7 Å². The number of carbonyl (C=O) groups excluding carboxylic acids is 1. The summed E-state index contributed by atoms with van der Waals surface area (Å²) in [4.78, 5) is 11.5. The van der Waals surface area contributed by atoms with Gasteiger partial charge in [0.1, 0.15) is 11.6 Å². The minimum atomic E-state index is -0.691. The molecule has 0 bridgehead atoms. The van der Waals surface area contributed by atoms with Crippen molar-refractivity contribution in [2.24, 2.45) is 5.92 Å². The van der Waals surface area contributed by atoms with Gasteiger partial charge in [0.05, 0.1) is 5.56 Å². The monoisotopic (exact) mass is 209 g/mol. The molecule has 1 aromatic rings. The number of benzene rings is 1. The highest BCUT2D eigenvalue weighted by Gasteiger charge is 2.22. The lowest BCUT2D eigenvalue weighted by Gasteiger charge is -2.05. The second kappa shape index (κ2) is 3.88. The maximum atomic E-state index is 13.2. The van der Waals surface area contributed by atoms with Gasteiger partial charge in [0.25, 0.3) is 5.91 Å². The first-order valence-electron chi connectivity index (χ1n) is 4.93. The molecule has 15 heavy (non-hydrogen) atoms. The Morgan fingerprint density at radius 3 is 2.87 bits per heavy atom. The number of amides is 1. The lowest BCUT2D eigenvalue weighted by molar-refractivity contribution is 0.0948. The first-order chi connectivity index (χ1) is 7.16. The van der Waals surface area contributed by atoms with Gasteiger partial charge in [0.2, 0.25) is 0 Å². The van der Waals surface area contributed by atoms with Crippen LogP contribution in [0.4, 0.5) is 4.39 Å². The molecule has 0 saturated heterocycles. The van der Waals surface area contributed by atoms with Crippen molar-refractivity contribution in [3.63, 3.8) is 0 Å². The lowest BCUT2D eigenvalue weighted by Crippen LogP contribution is -2.26. The normalized spacial score (nSPS) is 15.0. The molecule has 2 N–H and O–H groups in total. The van der Waals surface area contributed by atoms with Crippen LogP contribution in [0.25, 0.3) is 0 Å². The van der Waals surface area contributed by atoms with Crippen molar-refractivity contribution in [3.8, 4) is 5.75 Å². The summed E-state index contributed by atoms with van der Waals surface area (Å²) in [6, 6.07) is 3.52. The molecule has 1 amide bonds. The van der Waals surface area contributed by atoms with Crippen molar-refractivity contribution in [3.05, 3.63) is 29.6 Å². The van der Waals surface area contributed by atoms with Gasteiger partial charge in [0, 0.05) is 12.6 Å². The third-order valence-corrected chi connectivity index (χ3v) is 2.45. The van der Waals surface area contributed by atoms with Crippen LogP contribution >= 0.6 is 0 Å². The fraction of sp³-hybridized carbons (Fsp3) is 0.364. The first-order valence-corrected chi connectivity index (χ1v) is 4.93. The maximum Gasteiger partial charge on any atom is 0.254 e. The molecule has 0 aromatic heterocycles. The van der Waals surface area contributed by atoms with Crippen LogP contribution in [-0.4, -0.2) is 17.6 Å². The van der Waals surface area contributed by atoms with E-state index in [9.17, 15) is 9.18 Å². The summed E-state index contributed by atoms with van der Waals surface area (Å²) < 4.78 is 13.2. The molecule has 3 nitrogen and oxygen atoms in total. The van der Waals surface area contributed by atoms with Crippen molar-refractivity contribution < 1.29 is 14.3 Å². The number of rotatable bonds is 3. The number of carbonyl (C=O) groups is 1. The molecule has 1 saturated carbocycles. The second-order valence-corrected chi connectivity index (χ2v) is 3.82. The molecule has 0 radical (unpaired) electrons. The molecule has 1 aromatic carbocycles. The molecule has 1 fully saturated rings. The molecule has 0 heterocycles. The van der Waals surface area contributed by atoms with Crippen LogP contribution in [-0.2, 0) is 0 Å². The summed E-state index contributed by atoms with van der Waals surface area (Å²) in [5, 5.41) is 11.6. The van der Waals surface area contributed by atoms with Crippen molar-refractivity contribution >= 4 is 5.91 Å². The minimum Gasteiger partial charge on any atom is -0.508 e. The molecule has 4 heteroatoms. The Bertz CT molecular complexity index is 388. The van der Waals surface area contributed by atoms with E-state index in [-0.39, 0.29) is 11.3 Å². The molecule has 0 aliphatic heterocycles. The van der Waals surface area contributed by atoms with Gasteiger partial charge < -0.3 is 10.4 Å². The Hall–Kier alpha value is -1.58. The van der Waals surface area contributed by atoms with E-state index in [4.69, 9.17) is 5.11 Å². The van der Waals surface area contributed by atoms with Crippen LogP contribution in [0.2, 0.25) is 0 Å². The molecule has 0 spiro atoms. The third-order valence-electron chi connectivity index (χ3n) is 2.45. The van der Waals surface area contributed by atoms with Gasteiger partial charge >= 0.3 is 0 Å². The standard InChI is InChI=1S/C11H12FNO2/c12-10-5-8(14)3-4-9(10)11(15)13-6-7-1-2-7/h3-5,7,14H,1-2,6H2,(H,13,15). The number of phenolic OH excluding ortho intramolecular Hbond substituents is 1. The van der Waals surface area contributed by atoms with E-state index < -0.39 is 11.7 Å². The highest BCUT2D eigenvalue weighted by molar-refractivity contribution is 5.94. The minimum absolute atomic E-state index is 0.0200. The average molecular weight is 209 g/mol. The fourth-order valence-electron chi connectivity index (χ4n) is 1.34. The summed E-state index contributed by atoms with van der Waals surface area (Å²) in [6.45, 7) is 0.610. The highest BCUT2D eigenvalue weighted by Crippen LogP contribution is 2.27. The van der Waals surface area contributed by atoms with Gasteiger partial charge in [-0.1, -0.05) is 0 Å². The van der Waals surface area contributed by atoms with E-state index in [0.717, 1.165) is 18.9 Å². The van der Waals surface area contributed by atoms with Crippen LogP contribution in [0.15, 0.2) is 18.2 Å². The molecule has 0 unspecified atom stereocenters. The predicted molar refractivity (Wildman–Crippen MR) is 53.1 cm³/mol. The summed E-state index contributed by atoms with van der Waals surface area (Å²) in [5.41, 5.74) is -0.0200. The largest absolute Gasteiger partial charge is 0.508 e. The third kappa shape index (κ3) is 2.46. The van der Waals surface area contributed by atoms with E-state index in [1.807, 2.05) is 0 Å². The van der Waals surface area contributed by atoms with E-state index in [1.165, 1.54) is 12.1 Å². The highest BCUT2D eigenvalue weighted by atomic mass is 19.1. The molecule has 0 atom stereocenters. The zero-order valence-electron chi connectivity index (χ0n) is 8.16. The number of phenols is 1. The molecular formula is C11H12FNO2. The Kier molecular flexibility index (Phi) is 2.58. The molecular weight excluding hydrogens is 197 g/mol. The Balaban J connectivity index is 2.03. The first kappa shape index (κ1) is 9.96. The van der Waals surface area contributed by atoms with E-state index >= 15 is 0 Å². The van der Waals surface area contributed by atoms with E-state index in [2.05, 4.69) is 5.32 Å². The van der Waals surface area contributed by atoms with Crippen LogP contribution in [0.1, 0.15) is 23.2 Å². The predicted octanol–water partition coefficient (Wildman–Crippen LogP) is 1.67. The smallest absolute Gasteiger partial charge is 0.254 e. The number of hydrogen-bond acceptors (Lipinski definition) is 2. The molecule has 1 aliphatic carbocycles. The van der Waals surface area contributed by atoms with Crippen molar-refractivity contribution in [2.75, 3.05) is 6.54 Å². The molecule has 80 valence electrons. The molecule has 1 aliphatic rings. The Morgan fingerprint density at radius 1 is 1.53 bits per heavy atom. The number of hydrogen-bond donors (Lipinski definition) is 2. The SMILES string of the molecule is O=C(NCC1CC1)c1ccc(O)cc1F. The maximum absolute atomic E-state index is 13.2. The van der Waals surface area contributed by atoms with E-state index in [0.29, 0.717) is 12.5 Å². The van der Waals surface area contributed by atoms with E-state index in [1.54, 1.807) is 0 Å². The van der Waals surface area contributed by atoms with Gasteiger partial charge in [-0.15, -0.1) is 0 Å². The summed E-state index contributed by atoms with van der Waals surface area (Å²) in [6.07, 6.45) is 2.27. The fourth-order valence-corrected chi connectivity index (χ4v) is 1.34. The molecule has 2 rings (SSSR count). The average Bonchev–Trinajstić information content (AvgIpc) is 2.97. The van der Waals surface area contributed by atoms with Crippen molar-refractivity contribution in [1.82, 2.24) is 5.32 Å². The van der Waals surface area contributed by atoms with Crippen molar-refractivity contribution in [1.29, 1.82) is 0 Å². The summed E-state index contributed by atoms with van der Waals surface area (Å²) in [7, 11) is 0. The Labute approximate surface area is 86.9 Å². The topological polar surface area (TPSA) is 49.3 Å². The van der Waals surface area contributed by atoms with Gasteiger partial charge in [-0.05, 0) is 30.9 Å². The number of aromatic hydroxyl groups is 1. The lowest BCUT2D eigenvalue weighted by atomic mass is 10.2. The quantitative estimate of drug-likeness (QED) is 0.795. The summed E-state index contributed by atoms with van der Waals surface area (Å²) >= 11 is 0. The van der Waals surface area contributed by atoms with Gasteiger partial charge in [0.15, 0.2) is 0 Å². The van der Waals surface area contributed by atoms with Crippen LogP contribution in [0.3, 0.4) is 0 Å². The van der Waals surface area contributed by atoms with Crippen LogP contribution < -0.4 is 5.32 Å². The zero-order valence-corrected chi connectivity index (χ0v) is 8.16. The van der Waals surface area contributed by atoms with Gasteiger partial charge in [-0.25, -0.2) is 4.39 Å². The zero-order chi connectivity index (χ0) is 10.8.